The average Bonchev–Trinajstić information content (AvgIpc) is 2.76. The zero-order valence-electron chi connectivity index (χ0n) is 17.0. The van der Waals surface area contributed by atoms with Gasteiger partial charge in [0.15, 0.2) is 5.60 Å². The first kappa shape index (κ1) is 23.0. The Balaban J connectivity index is 1.66. The fourth-order valence-corrected chi connectivity index (χ4v) is 4.24. The number of carbonyl (C=O) groups excluding carboxylic acids is 1. The number of aliphatic hydroxyl groups is 1. The molecule has 0 amide bonds. The van der Waals surface area contributed by atoms with Crippen molar-refractivity contribution in [3.63, 3.8) is 0 Å². The fourth-order valence-electron chi connectivity index (χ4n) is 3.19. The number of rotatable bonds is 12. The van der Waals surface area contributed by atoms with Gasteiger partial charge < -0.3 is 9.84 Å². The van der Waals surface area contributed by atoms with Gasteiger partial charge in [0.1, 0.15) is 0 Å². The third kappa shape index (κ3) is 7.92. The first-order valence-corrected chi connectivity index (χ1v) is 11.1. The number of benzene rings is 2. The molecule has 0 bridgehead atoms. The highest BCUT2D eigenvalue weighted by molar-refractivity contribution is 7.99. The Bertz CT molecular complexity index is 803. The summed E-state index contributed by atoms with van der Waals surface area (Å²) in [5, 5.41) is 19.2. The van der Waals surface area contributed by atoms with Crippen LogP contribution in [0, 0.1) is 11.3 Å². The quantitative estimate of drug-likeness (QED) is 0.302. The van der Waals surface area contributed by atoms with Gasteiger partial charge in [0, 0.05) is 5.75 Å². The number of nitriles is 1. The molecule has 1 N–H and O–H groups in total. The van der Waals surface area contributed by atoms with Crippen molar-refractivity contribution in [1.82, 2.24) is 0 Å². The van der Waals surface area contributed by atoms with Crippen LogP contribution in [0.1, 0.15) is 37.7 Å². The molecule has 0 radical (unpaired) electrons. The number of nitrogens with zero attached hydrogens (tertiary/aromatic N) is 1. The van der Waals surface area contributed by atoms with E-state index >= 15 is 0 Å². The number of unbranched alkanes of at least 4 members (excludes halogenated alkanes) is 3. The lowest BCUT2D eigenvalue weighted by Gasteiger charge is -2.18. The van der Waals surface area contributed by atoms with E-state index in [4.69, 9.17) is 5.26 Å². The lowest BCUT2D eigenvalue weighted by molar-refractivity contribution is -0.143. The highest BCUT2D eigenvalue weighted by Crippen LogP contribution is 2.25. The number of esters is 1. The second-order valence-electron chi connectivity index (χ2n) is 7.14. The van der Waals surface area contributed by atoms with Gasteiger partial charge >= 0.3 is 5.97 Å². The van der Waals surface area contributed by atoms with Crippen LogP contribution in [-0.4, -0.2) is 35.3 Å². The number of hydrogen-bond donors (Lipinski definition) is 1. The summed E-state index contributed by atoms with van der Waals surface area (Å²) in [7, 11) is 1.26. The Kier molecular flexibility index (Phi) is 9.76. The van der Waals surface area contributed by atoms with E-state index in [-0.39, 0.29) is 12.2 Å². The van der Waals surface area contributed by atoms with Crippen LogP contribution in [0.3, 0.4) is 0 Å². The summed E-state index contributed by atoms with van der Waals surface area (Å²) in [6.45, 7) is 0. The van der Waals surface area contributed by atoms with E-state index in [9.17, 15) is 9.90 Å². The summed E-state index contributed by atoms with van der Waals surface area (Å²) in [6.07, 6.45) is 5.21. The molecule has 0 heterocycles. The van der Waals surface area contributed by atoms with E-state index in [1.165, 1.54) is 35.6 Å². The zero-order chi connectivity index (χ0) is 21.0. The van der Waals surface area contributed by atoms with Crippen molar-refractivity contribution in [2.75, 3.05) is 18.6 Å². The Morgan fingerprint density at radius 1 is 1.07 bits per heavy atom. The van der Waals surface area contributed by atoms with Crippen LogP contribution < -0.4 is 0 Å². The maximum Gasteiger partial charge on any atom is 0.309 e. The maximum atomic E-state index is 11.3. The minimum Gasteiger partial charge on any atom is -0.469 e. The summed E-state index contributed by atoms with van der Waals surface area (Å²) in [5.74, 6) is 0.528. The lowest BCUT2D eigenvalue weighted by atomic mass is 9.96. The molecule has 2 aromatic carbocycles. The summed E-state index contributed by atoms with van der Waals surface area (Å²) >= 11 is 1.51. The standard InChI is InChI=1S/C24H29NO3S/c1-28-23(26)17-24(27,18-25)19-29-16-10-3-2-5-11-21-14-8-9-15-22(21)20-12-6-4-7-13-20/h4,6-9,12-15,27H,2-3,5,10-11,16-17,19H2,1H3. The van der Waals surface area contributed by atoms with E-state index < -0.39 is 11.6 Å². The van der Waals surface area contributed by atoms with Crippen molar-refractivity contribution in [2.45, 2.75) is 44.1 Å². The van der Waals surface area contributed by atoms with Crippen LogP contribution >= 0.6 is 11.8 Å². The van der Waals surface area contributed by atoms with E-state index in [1.54, 1.807) is 0 Å². The molecule has 0 saturated heterocycles. The molecule has 0 saturated carbocycles. The molecule has 154 valence electrons. The molecule has 4 nitrogen and oxygen atoms in total. The molecular formula is C24H29NO3S. The van der Waals surface area contributed by atoms with Crippen molar-refractivity contribution in [2.24, 2.45) is 0 Å². The molecular weight excluding hydrogens is 382 g/mol. The largest absolute Gasteiger partial charge is 0.469 e. The van der Waals surface area contributed by atoms with Gasteiger partial charge in [-0.05, 0) is 41.7 Å². The molecule has 0 aliphatic carbocycles. The normalized spacial score (nSPS) is 12.7. The third-order valence-electron chi connectivity index (χ3n) is 4.80. The summed E-state index contributed by atoms with van der Waals surface area (Å²) in [4.78, 5) is 11.3. The highest BCUT2D eigenvalue weighted by Gasteiger charge is 2.30. The molecule has 1 atom stereocenters. The van der Waals surface area contributed by atoms with Gasteiger partial charge in [-0.2, -0.15) is 17.0 Å². The van der Waals surface area contributed by atoms with Gasteiger partial charge in [0.05, 0.1) is 19.6 Å². The SMILES string of the molecule is COC(=O)CC(O)(C#N)CSCCCCCCc1ccccc1-c1ccccc1. The second-order valence-corrected chi connectivity index (χ2v) is 8.24. The Morgan fingerprint density at radius 3 is 2.48 bits per heavy atom. The predicted molar refractivity (Wildman–Crippen MR) is 119 cm³/mol. The number of hydrogen-bond acceptors (Lipinski definition) is 5. The van der Waals surface area contributed by atoms with E-state index in [0.717, 1.165) is 37.9 Å². The predicted octanol–water partition coefficient (Wildman–Crippen LogP) is 5.01. The van der Waals surface area contributed by atoms with E-state index in [0.29, 0.717) is 0 Å². The lowest BCUT2D eigenvalue weighted by Crippen LogP contribution is -2.33. The molecule has 2 rings (SSSR count). The Labute approximate surface area is 177 Å². The number of thioether (sulfide) groups is 1. The fraction of sp³-hybridized carbons (Fsp3) is 0.417. The van der Waals surface area contributed by atoms with Gasteiger partial charge in [-0.15, -0.1) is 0 Å². The van der Waals surface area contributed by atoms with Crippen LogP contribution in [0.4, 0.5) is 0 Å². The smallest absolute Gasteiger partial charge is 0.309 e. The van der Waals surface area contributed by atoms with Crippen LogP contribution in [0.2, 0.25) is 0 Å². The monoisotopic (exact) mass is 411 g/mol. The molecule has 0 aliphatic heterocycles. The van der Waals surface area contributed by atoms with Gasteiger partial charge in [0.2, 0.25) is 0 Å². The maximum absolute atomic E-state index is 11.3. The first-order valence-electron chi connectivity index (χ1n) is 9.99. The molecule has 0 aliphatic rings. The molecule has 2 aromatic rings. The zero-order valence-corrected chi connectivity index (χ0v) is 17.8. The highest BCUT2D eigenvalue weighted by atomic mass is 32.2. The van der Waals surface area contributed by atoms with Crippen molar-refractivity contribution in [3.8, 4) is 17.2 Å². The van der Waals surface area contributed by atoms with Gasteiger partial charge in [0.25, 0.3) is 0 Å². The number of carbonyl (C=O) groups is 1. The second kappa shape index (κ2) is 12.3. The minimum absolute atomic E-state index is 0.225. The summed E-state index contributed by atoms with van der Waals surface area (Å²) in [6, 6.07) is 20.9. The number of ether oxygens (including phenoxy) is 1. The summed E-state index contributed by atoms with van der Waals surface area (Å²) < 4.78 is 4.53. The number of aryl methyl sites for hydroxylation is 1. The van der Waals surface area contributed by atoms with Gasteiger partial charge in [-0.3, -0.25) is 4.79 Å². The Morgan fingerprint density at radius 2 is 1.76 bits per heavy atom. The summed E-state index contributed by atoms with van der Waals surface area (Å²) in [5.41, 5.74) is 2.32. The third-order valence-corrected chi connectivity index (χ3v) is 6.06. The Hall–Kier alpha value is -2.29. The molecule has 0 spiro atoms. The van der Waals surface area contributed by atoms with E-state index in [1.807, 2.05) is 12.1 Å². The first-order chi connectivity index (χ1) is 14.1. The number of methoxy groups -OCH3 is 1. The molecule has 0 aromatic heterocycles. The molecule has 0 fully saturated rings. The molecule has 29 heavy (non-hydrogen) atoms. The van der Waals surface area contributed by atoms with Crippen molar-refractivity contribution >= 4 is 17.7 Å². The van der Waals surface area contributed by atoms with Crippen molar-refractivity contribution in [1.29, 1.82) is 5.26 Å². The van der Waals surface area contributed by atoms with Crippen molar-refractivity contribution < 1.29 is 14.6 Å². The van der Waals surface area contributed by atoms with Gasteiger partial charge in [-0.25, -0.2) is 0 Å². The minimum atomic E-state index is -1.64. The van der Waals surface area contributed by atoms with Crippen LogP contribution in [0.15, 0.2) is 54.6 Å². The van der Waals surface area contributed by atoms with Crippen molar-refractivity contribution in [3.05, 3.63) is 60.2 Å². The average molecular weight is 412 g/mol. The van der Waals surface area contributed by atoms with Crippen LogP contribution in [-0.2, 0) is 16.0 Å². The topological polar surface area (TPSA) is 70.3 Å². The van der Waals surface area contributed by atoms with Crippen LogP contribution in [0.5, 0.6) is 0 Å². The molecule has 1 unspecified atom stereocenters. The van der Waals surface area contributed by atoms with E-state index in [2.05, 4.69) is 53.3 Å². The molecule has 5 heteroatoms. The van der Waals surface area contributed by atoms with Crippen LogP contribution in [0.25, 0.3) is 11.1 Å². The van der Waals surface area contributed by atoms with Gasteiger partial charge in [-0.1, -0.05) is 67.4 Å².